The Labute approximate surface area is 243 Å². The summed E-state index contributed by atoms with van der Waals surface area (Å²) in [5, 5.41) is 15.3. The Morgan fingerprint density at radius 2 is 1.76 bits per heavy atom. The number of hydrogen-bond acceptors (Lipinski definition) is 6. The van der Waals surface area contributed by atoms with E-state index >= 15 is 0 Å². The zero-order chi connectivity index (χ0) is 29.3. The van der Waals surface area contributed by atoms with E-state index < -0.39 is 10.0 Å². The van der Waals surface area contributed by atoms with Crippen LogP contribution in [0.4, 0.5) is 0 Å². The number of nitrogens with zero attached hydrogens (tertiary/aromatic N) is 5. The van der Waals surface area contributed by atoms with Crippen molar-refractivity contribution in [2.75, 3.05) is 13.1 Å². The third-order valence-electron chi connectivity index (χ3n) is 7.54. The fourth-order valence-corrected chi connectivity index (χ4v) is 6.65. The van der Waals surface area contributed by atoms with Crippen LogP contribution in [0.3, 0.4) is 0 Å². The topological polar surface area (TPSA) is 125 Å². The zero-order valence-corrected chi connectivity index (χ0v) is 23.8. The number of nitriles is 1. The number of piperidine rings is 1. The van der Waals surface area contributed by atoms with Crippen LogP contribution in [0.15, 0.2) is 94.7 Å². The zero-order valence-electron chi connectivity index (χ0n) is 22.9. The first kappa shape index (κ1) is 27.3. The van der Waals surface area contributed by atoms with E-state index in [4.69, 9.17) is 5.10 Å². The van der Waals surface area contributed by atoms with Gasteiger partial charge in [-0.1, -0.05) is 49.4 Å². The average molecular weight is 577 g/mol. The van der Waals surface area contributed by atoms with E-state index in [0.717, 1.165) is 18.5 Å². The first-order chi connectivity index (χ1) is 20.3. The van der Waals surface area contributed by atoms with Crippen molar-refractivity contribution in [1.29, 1.82) is 5.26 Å². The first-order valence-corrected chi connectivity index (χ1v) is 15.1. The van der Waals surface area contributed by atoms with Crippen LogP contribution in [0.2, 0.25) is 0 Å². The van der Waals surface area contributed by atoms with Gasteiger partial charge in [0.1, 0.15) is 11.8 Å². The number of fused-ring (bicyclic) bond motifs is 1. The second-order valence-corrected chi connectivity index (χ2v) is 12.4. The molecule has 0 bridgehead atoms. The van der Waals surface area contributed by atoms with E-state index in [0.29, 0.717) is 46.7 Å². The highest BCUT2D eigenvalue weighted by molar-refractivity contribution is 7.89. The summed E-state index contributed by atoms with van der Waals surface area (Å²) in [4.78, 5) is 20.1. The molecule has 3 heterocycles. The number of allylic oxidation sites excluding steroid dienone is 1. The smallest absolute Gasteiger partial charge is 0.259 e. The molecule has 0 amide bonds. The van der Waals surface area contributed by atoms with Gasteiger partial charge >= 0.3 is 0 Å². The summed E-state index contributed by atoms with van der Waals surface area (Å²) in [6.07, 6.45) is 5.05. The van der Waals surface area contributed by atoms with Gasteiger partial charge in [-0.2, -0.15) is 14.7 Å². The summed E-state index contributed by atoms with van der Waals surface area (Å²) >= 11 is 0. The third-order valence-corrected chi connectivity index (χ3v) is 9.43. The minimum Gasteiger partial charge on any atom is -0.305 e. The number of benzene rings is 3. The van der Waals surface area contributed by atoms with Crippen LogP contribution in [0, 0.1) is 17.2 Å². The fraction of sp³-hybridized carbons (Fsp3) is 0.188. The lowest BCUT2D eigenvalue weighted by atomic mass is 10.0. The van der Waals surface area contributed by atoms with Crippen molar-refractivity contribution in [1.82, 2.24) is 24.1 Å². The van der Waals surface area contributed by atoms with Crippen molar-refractivity contribution in [3.8, 4) is 23.0 Å². The number of hydrogen-bond donors (Lipinski definition) is 1. The van der Waals surface area contributed by atoms with Crippen LogP contribution >= 0.6 is 0 Å². The SMILES string of the molecule is CC1CCN(S(=O)(=O)c2cccc(-c3nn(-c4ccccc4)cc3/C=C(\C#N)c3nc4ccccc4c(=O)[nH]3)c2)CC1. The van der Waals surface area contributed by atoms with E-state index in [-0.39, 0.29) is 21.9 Å². The molecule has 1 fully saturated rings. The van der Waals surface area contributed by atoms with E-state index in [1.165, 1.54) is 0 Å². The number of aromatic nitrogens is 4. The molecule has 5 aromatic rings. The van der Waals surface area contributed by atoms with Crippen molar-refractivity contribution >= 4 is 32.6 Å². The number of nitrogens with one attached hydrogen (secondary N) is 1. The molecule has 42 heavy (non-hydrogen) atoms. The molecule has 0 spiro atoms. The second kappa shape index (κ2) is 11.2. The Balaban J connectivity index is 1.47. The normalized spacial score (nSPS) is 15.1. The molecule has 1 aliphatic heterocycles. The average Bonchev–Trinajstić information content (AvgIpc) is 3.44. The molecule has 0 radical (unpaired) electrons. The maximum Gasteiger partial charge on any atom is 0.259 e. The molecule has 3 aromatic carbocycles. The highest BCUT2D eigenvalue weighted by Crippen LogP contribution is 2.31. The van der Waals surface area contributed by atoms with Crippen LogP contribution < -0.4 is 5.56 Å². The molecule has 0 saturated carbocycles. The van der Waals surface area contributed by atoms with Gasteiger partial charge in [-0.05, 0) is 61.2 Å². The van der Waals surface area contributed by atoms with E-state index in [1.54, 1.807) is 69.8 Å². The predicted octanol–water partition coefficient (Wildman–Crippen LogP) is 5.26. The van der Waals surface area contributed by atoms with Gasteiger partial charge in [0, 0.05) is 30.4 Å². The van der Waals surface area contributed by atoms with Gasteiger partial charge in [0.05, 0.1) is 27.1 Å². The van der Waals surface area contributed by atoms with Crippen molar-refractivity contribution < 1.29 is 8.42 Å². The predicted molar refractivity (Wildman–Crippen MR) is 162 cm³/mol. The number of rotatable bonds is 6. The molecule has 0 aliphatic carbocycles. The lowest BCUT2D eigenvalue weighted by Crippen LogP contribution is -2.37. The van der Waals surface area contributed by atoms with Gasteiger partial charge in [0.25, 0.3) is 5.56 Å². The van der Waals surface area contributed by atoms with Crippen LogP contribution in [-0.4, -0.2) is 45.6 Å². The Hall–Kier alpha value is -4.85. The van der Waals surface area contributed by atoms with Gasteiger partial charge < -0.3 is 4.98 Å². The Morgan fingerprint density at radius 3 is 2.52 bits per heavy atom. The summed E-state index contributed by atoms with van der Waals surface area (Å²) in [7, 11) is -3.69. The van der Waals surface area contributed by atoms with Crippen LogP contribution in [-0.2, 0) is 10.0 Å². The molecule has 1 aliphatic rings. The maximum absolute atomic E-state index is 13.5. The molecular formula is C32H28N6O3S. The molecule has 1 saturated heterocycles. The molecule has 6 rings (SSSR count). The van der Waals surface area contributed by atoms with Gasteiger partial charge in [0.2, 0.25) is 10.0 Å². The summed E-state index contributed by atoms with van der Waals surface area (Å²) < 4.78 is 30.3. The highest BCUT2D eigenvalue weighted by atomic mass is 32.2. The quantitative estimate of drug-likeness (QED) is 0.275. The summed E-state index contributed by atoms with van der Waals surface area (Å²) in [6.45, 7) is 3.13. The van der Waals surface area contributed by atoms with Gasteiger partial charge in [-0.15, -0.1) is 0 Å². The largest absolute Gasteiger partial charge is 0.305 e. The standard InChI is InChI=1S/C32H28N6O3S/c1-22-14-16-37(17-15-22)42(40,41)27-11-7-8-23(19-27)30-25(21-38(36-30)26-9-3-2-4-10-26)18-24(20-33)31-34-29-13-6-5-12-28(29)32(39)35-31/h2-13,18-19,21-22H,14-17H2,1H3,(H,34,35,39)/b24-18+. The third kappa shape index (κ3) is 5.28. The maximum atomic E-state index is 13.5. The monoisotopic (exact) mass is 576 g/mol. The minimum absolute atomic E-state index is 0.135. The van der Waals surface area contributed by atoms with Crippen molar-refractivity contribution in [3.05, 3.63) is 107 Å². The summed E-state index contributed by atoms with van der Waals surface area (Å²) in [5.74, 6) is 0.635. The number of sulfonamides is 1. The van der Waals surface area contributed by atoms with Gasteiger partial charge in [-0.25, -0.2) is 18.1 Å². The molecular weight excluding hydrogens is 548 g/mol. The van der Waals surface area contributed by atoms with E-state index in [9.17, 15) is 18.5 Å². The van der Waals surface area contributed by atoms with Gasteiger partial charge in [0.15, 0.2) is 5.82 Å². The molecule has 0 unspecified atom stereocenters. The Kier molecular flexibility index (Phi) is 7.29. The first-order valence-electron chi connectivity index (χ1n) is 13.7. The number of para-hydroxylation sites is 2. The lowest BCUT2D eigenvalue weighted by molar-refractivity contribution is 0.288. The number of H-pyrrole nitrogens is 1. The fourth-order valence-electron chi connectivity index (χ4n) is 5.13. The Morgan fingerprint density at radius 1 is 1.02 bits per heavy atom. The highest BCUT2D eigenvalue weighted by Gasteiger charge is 2.28. The molecule has 210 valence electrons. The number of aromatic amines is 1. The second-order valence-electron chi connectivity index (χ2n) is 10.4. The molecule has 10 heteroatoms. The summed E-state index contributed by atoms with van der Waals surface area (Å²) in [6, 6.07) is 25.3. The van der Waals surface area contributed by atoms with Crippen molar-refractivity contribution in [2.24, 2.45) is 5.92 Å². The molecule has 9 nitrogen and oxygen atoms in total. The van der Waals surface area contributed by atoms with E-state index in [1.807, 2.05) is 30.3 Å². The lowest BCUT2D eigenvalue weighted by Gasteiger charge is -2.29. The minimum atomic E-state index is -3.69. The Bertz CT molecular complexity index is 2010. The van der Waals surface area contributed by atoms with Crippen LogP contribution in [0.25, 0.3) is 39.5 Å². The van der Waals surface area contributed by atoms with Crippen molar-refractivity contribution in [3.63, 3.8) is 0 Å². The molecule has 0 atom stereocenters. The van der Waals surface area contributed by atoms with Gasteiger partial charge in [-0.3, -0.25) is 4.79 Å². The van der Waals surface area contributed by atoms with Crippen LogP contribution in [0.1, 0.15) is 31.2 Å². The van der Waals surface area contributed by atoms with Crippen LogP contribution in [0.5, 0.6) is 0 Å². The molecule has 1 N–H and O–H groups in total. The van der Waals surface area contributed by atoms with Crippen molar-refractivity contribution in [2.45, 2.75) is 24.7 Å². The molecule has 2 aromatic heterocycles. The van der Waals surface area contributed by atoms with E-state index in [2.05, 4.69) is 23.0 Å². The summed E-state index contributed by atoms with van der Waals surface area (Å²) in [5.41, 5.74) is 2.69.